The van der Waals surface area contributed by atoms with Crippen molar-refractivity contribution in [3.05, 3.63) is 5.69 Å². The molecule has 0 spiro atoms. The monoisotopic (exact) mass is 268 g/mol. The van der Waals surface area contributed by atoms with Crippen LogP contribution in [0.1, 0.15) is 38.8 Å². The fourth-order valence-electron chi connectivity index (χ4n) is 2.44. The zero-order valence-corrected chi connectivity index (χ0v) is 12.1. The lowest BCUT2D eigenvalue weighted by Crippen LogP contribution is -2.43. The van der Waals surface area contributed by atoms with E-state index in [1.165, 1.54) is 0 Å². The molecule has 6 heteroatoms. The number of aryl methyl sites for hydroxylation is 1. The van der Waals surface area contributed by atoms with Gasteiger partial charge in [0.1, 0.15) is 11.4 Å². The summed E-state index contributed by atoms with van der Waals surface area (Å²) in [5.41, 5.74) is 6.81. The van der Waals surface area contributed by atoms with Gasteiger partial charge in [0.2, 0.25) is 0 Å². The Morgan fingerprint density at radius 3 is 2.79 bits per heavy atom. The molecule has 0 aromatic carbocycles. The highest BCUT2D eigenvalue weighted by atomic mass is 16.5. The first-order valence-corrected chi connectivity index (χ1v) is 6.75. The van der Waals surface area contributed by atoms with E-state index < -0.39 is 5.60 Å². The first-order chi connectivity index (χ1) is 8.85. The zero-order chi connectivity index (χ0) is 14.2. The molecular weight excluding hydrogens is 244 g/mol. The van der Waals surface area contributed by atoms with Crippen molar-refractivity contribution in [1.29, 1.82) is 0 Å². The third-order valence-electron chi connectivity index (χ3n) is 3.88. The summed E-state index contributed by atoms with van der Waals surface area (Å²) in [6.45, 7) is 7.01. The van der Waals surface area contributed by atoms with Crippen LogP contribution in [0, 0.1) is 0 Å². The van der Waals surface area contributed by atoms with Gasteiger partial charge in [-0.1, -0.05) is 13.8 Å². The van der Waals surface area contributed by atoms with E-state index in [1.807, 2.05) is 14.0 Å². The van der Waals surface area contributed by atoms with Gasteiger partial charge < -0.3 is 20.9 Å². The Balaban J connectivity index is 2.12. The second kappa shape index (κ2) is 5.02. The first kappa shape index (κ1) is 14.1. The average molecular weight is 268 g/mol. The maximum absolute atomic E-state index is 10.5. The molecule has 2 heterocycles. The SMILES string of the molecule is CC(C)c1nn(C)c(NCC2(O)CCOC2C)c1N. The molecule has 0 amide bonds. The Kier molecular flexibility index (Phi) is 3.73. The van der Waals surface area contributed by atoms with E-state index in [1.54, 1.807) is 4.68 Å². The van der Waals surface area contributed by atoms with Crippen LogP contribution in [0.15, 0.2) is 0 Å². The molecule has 2 rings (SSSR count). The van der Waals surface area contributed by atoms with Crippen LogP contribution < -0.4 is 11.1 Å². The maximum Gasteiger partial charge on any atom is 0.147 e. The number of nitrogens with one attached hydrogen (secondary N) is 1. The third-order valence-corrected chi connectivity index (χ3v) is 3.88. The van der Waals surface area contributed by atoms with Gasteiger partial charge in [-0.25, -0.2) is 0 Å². The Morgan fingerprint density at radius 2 is 2.32 bits per heavy atom. The molecule has 0 radical (unpaired) electrons. The number of rotatable bonds is 4. The van der Waals surface area contributed by atoms with Crippen LogP contribution in [0.2, 0.25) is 0 Å². The topological polar surface area (TPSA) is 85.3 Å². The van der Waals surface area contributed by atoms with Crippen molar-refractivity contribution in [2.45, 2.75) is 44.8 Å². The molecule has 1 aliphatic rings. The minimum atomic E-state index is -0.839. The van der Waals surface area contributed by atoms with Crippen LogP contribution in [0.3, 0.4) is 0 Å². The van der Waals surface area contributed by atoms with Crippen LogP contribution in [0.25, 0.3) is 0 Å². The standard InChI is InChI=1S/C13H24N4O2/c1-8(2)11-10(14)12(17(4)16-11)15-7-13(18)5-6-19-9(13)3/h8-9,15,18H,5-7,14H2,1-4H3. The van der Waals surface area contributed by atoms with Crippen LogP contribution in [0.5, 0.6) is 0 Å². The van der Waals surface area contributed by atoms with Gasteiger partial charge in [0, 0.05) is 26.6 Å². The maximum atomic E-state index is 10.5. The summed E-state index contributed by atoms with van der Waals surface area (Å²) in [4.78, 5) is 0. The highest BCUT2D eigenvalue weighted by Gasteiger charge is 2.39. The van der Waals surface area contributed by atoms with Crippen molar-refractivity contribution in [2.24, 2.45) is 7.05 Å². The van der Waals surface area contributed by atoms with Gasteiger partial charge in [-0.2, -0.15) is 5.10 Å². The van der Waals surface area contributed by atoms with Crippen LogP contribution in [0.4, 0.5) is 11.5 Å². The van der Waals surface area contributed by atoms with Crippen molar-refractivity contribution < 1.29 is 9.84 Å². The summed E-state index contributed by atoms with van der Waals surface area (Å²) in [5, 5.41) is 18.1. The van der Waals surface area contributed by atoms with E-state index in [2.05, 4.69) is 24.3 Å². The van der Waals surface area contributed by atoms with E-state index in [-0.39, 0.29) is 12.0 Å². The molecule has 1 aliphatic heterocycles. The predicted molar refractivity (Wildman–Crippen MR) is 75.2 cm³/mol. The van der Waals surface area contributed by atoms with Gasteiger partial charge in [-0.05, 0) is 12.8 Å². The predicted octanol–water partition coefficient (Wildman–Crippen LogP) is 1.08. The number of anilines is 2. The molecule has 1 aromatic heterocycles. The number of nitrogens with zero attached hydrogens (tertiary/aromatic N) is 2. The second-order valence-electron chi connectivity index (χ2n) is 5.65. The average Bonchev–Trinajstić information content (AvgIpc) is 2.80. The van der Waals surface area contributed by atoms with Crippen LogP contribution in [-0.4, -0.2) is 39.7 Å². The summed E-state index contributed by atoms with van der Waals surface area (Å²) < 4.78 is 7.15. The molecule has 1 saturated heterocycles. The normalized spacial score (nSPS) is 27.2. The van der Waals surface area contributed by atoms with Crippen molar-refractivity contribution in [2.75, 3.05) is 24.2 Å². The zero-order valence-electron chi connectivity index (χ0n) is 12.1. The van der Waals surface area contributed by atoms with Crippen molar-refractivity contribution >= 4 is 11.5 Å². The number of nitrogens with two attached hydrogens (primary N) is 1. The van der Waals surface area contributed by atoms with Crippen molar-refractivity contribution in [3.8, 4) is 0 Å². The highest BCUT2D eigenvalue weighted by Crippen LogP contribution is 2.30. The van der Waals surface area contributed by atoms with Gasteiger partial charge in [0.05, 0.1) is 17.5 Å². The number of nitrogen functional groups attached to an aromatic ring is 1. The number of ether oxygens (including phenoxy) is 1. The molecular formula is C13H24N4O2. The van der Waals surface area contributed by atoms with E-state index >= 15 is 0 Å². The first-order valence-electron chi connectivity index (χ1n) is 6.75. The molecule has 6 nitrogen and oxygen atoms in total. The number of hydrogen-bond acceptors (Lipinski definition) is 5. The molecule has 0 aliphatic carbocycles. The molecule has 2 unspecified atom stereocenters. The Bertz CT molecular complexity index is 458. The lowest BCUT2D eigenvalue weighted by atomic mass is 9.97. The van der Waals surface area contributed by atoms with E-state index in [0.717, 1.165) is 11.5 Å². The Hall–Kier alpha value is -1.27. The summed E-state index contributed by atoms with van der Waals surface area (Å²) in [7, 11) is 1.85. The summed E-state index contributed by atoms with van der Waals surface area (Å²) in [6.07, 6.45) is 0.467. The molecule has 0 bridgehead atoms. The van der Waals surface area contributed by atoms with Crippen LogP contribution >= 0.6 is 0 Å². The van der Waals surface area contributed by atoms with E-state index in [9.17, 15) is 5.11 Å². The van der Waals surface area contributed by atoms with Gasteiger partial charge in [0.15, 0.2) is 0 Å². The second-order valence-corrected chi connectivity index (χ2v) is 5.65. The minimum absolute atomic E-state index is 0.168. The summed E-state index contributed by atoms with van der Waals surface area (Å²) in [5.74, 6) is 1.04. The largest absolute Gasteiger partial charge is 0.394 e. The smallest absolute Gasteiger partial charge is 0.147 e. The van der Waals surface area contributed by atoms with Gasteiger partial charge in [0.25, 0.3) is 0 Å². The summed E-state index contributed by atoms with van der Waals surface area (Å²) in [6, 6.07) is 0. The van der Waals surface area contributed by atoms with Crippen molar-refractivity contribution in [3.63, 3.8) is 0 Å². The number of aliphatic hydroxyl groups is 1. The third kappa shape index (κ3) is 2.55. The Labute approximate surface area is 113 Å². The lowest BCUT2D eigenvalue weighted by Gasteiger charge is -2.26. The minimum Gasteiger partial charge on any atom is -0.394 e. The molecule has 0 saturated carbocycles. The van der Waals surface area contributed by atoms with Crippen LogP contribution in [-0.2, 0) is 11.8 Å². The molecule has 19 heavy (non-hydrogen) atoms. The molecule has 1 fully saturated rings. The fourth-order valence-corrected chi connectivity index (χ4v) is 2.44. The number of hydrogen-bond donors (Lipinski definition) is 3. The number of aromatic nitrogens is 2. The van der Waals surface area contributed by atoms with Gasteiger partial charge in [-0.15, -0.1) is 0 Å². The molecule has 108 valence electrons. The van der Waals surface area contributed by atoms with Gasteiger partial charge in [-0.3, -0.25) is 4.68 Å². The van der Waals surface area contributed by atoms with Crippen molar-refractivity contribution in [1.82, 2.24) is 9.78 Å². The van der Waals surface area contributed by atoms with Gasteiger partial charge >= 0.3 is 0 Å². The summed E-state index contributed by atoms with van der Waals surface area (Å²) >= 11 is 0. The van der Waals surface area contributed by atoms with E-state index in [4.69, 9.17) is 10.5 Å². The molecule has 1 aromatic rings. The quantitative estimate of drug-likeness (QED) is 0.761. The molecule has 4 N–H and O–H groups in total. The van der Waals surface area contributed by atoms with E-state index in [0.29, 0.717) is 25.3 Å². The Morgan fingerprint density at radius 1 is 1.63 bits per heavy atom. The highest BCUT2D eigenvalue weighted by molar-refractivity contribution is 5.65. The molecule has 2 atom stereocenters. The fraction of sp³-hybridized carbons (Fsp3) is 0.769. The lowest BCUT2D eigenvalue weighted by molar-refractivity contribution is -0.0176.